The van der Waals surface area contributed by atoms with Crippen LogP contribution >= 0.6 is 23.5 Å². The third-order valence-electron chi connectivity index (χ3n) is 5.79. The van der Waals surface area contributed by atoms with E-state index in [-0.39, 0.29) is 47.2 Å². The summed E-state index contributed by atoms with van der Waals surface area (Å²) >= 11 is 1.16. The Balaban J connectivity index is 1.36. The standard InChI is InChI=1S/C25H24F5N3O3S2/c1-16(24(34,13-33-15-31-14-32-33)21-8-5-18(26)10-22(21)27)37-20-11-35-23(36-12-20)9-4-17-2-6-19(7-3-17)38-25(28,29)30/h2-10,14-16,20,23,34H,11-13H2,1H3/b9-4+/t16-,20?,23?,24-/m1/s1. The average Bonchev–Trinajstić information content (AvgIpc) is 3.36. The highest BCUT2D eigenvalue weighted by atomic mass is 32.2. The largest absolute Gasteiger partial charge is 0.446 e. The average molecular weight is 574 g/mol. The molecule has 13 heteroatoms. The Hall–Kier alpha value is -2.45. The first-order valence-corrected chi connectivity index (χ1v) is 13.2. The Morgan fingerprint density at radius 3 is 2.45 bits per heavy atom. The number of ether oxygens (including phenoxy) is 2. The molecule has 204 valence electrons. The molecule has 0 bridgehead atoms. The molecule has 6 nitrogen and oxygen atoms in total. The van der Waals surface area contributed by atoms with Crippen LogP contribution in [0.25, 0.3) is 6.08 Å². The molecule has 0 amide bonds. The minimum absolute atomic E-state index is 0.0625. The van der Waals surface area contributed by atoms with Gasteiger partial charge in [-0.2, -0.15) is 18.3 Å². The fourth-order valence-electron chi connectivity index (χ4n) is 3.90. The predicted octanol–water partition coefficient (Wildman–Crippen LogP) is 5.63. The molecule has 0 radical (unpaired) electrons. The molecular formula is C25H24F5N3O3S2. The van der Waals surface area contributed by atoms with Crippen LogP contribution in [0.15, 0.2) is 66.1 Å². The highest BCUT2D eigenvalue weighted by molar-refractivity contribution is 8.00. The van der Waals surface area contributed by atoms with Crippen molar-refractivity contribution >= 4 is 29.6 Å². The molecule has 1 aliphatic heterocycles. The number of rotatable bonds is 9. The summed E-state index contributed by atoms with van der Waals surface area (Å²) in [6.07, 6.45) is 5.39. The second-order valence-electron chi connectivity index (χ2n) is 8.55. The van der Waals surface area contributed by atoms with Crippen molar-refractivity contribution in [2.45, 2.75) is 46.3 Å². The van der Waals surface area contributed by atoms with Crippen molar-refractivity contribution in [3.63, 3.8) is 0 Å². The van der Waals surface area contributed by atoms with Crippen molar-refractivity contribution in [2.24, 2.45) is 0 Å². The second-order valence-corrected chi connectivity index (χ2v) is 11.3. The van der Waals surface area contributed by atoms with Gasteiger partial charge in [-0.1, -0.05) is 31.2 Å². The van der Waals surface area contributed by atoms with Gasteiger partial charge in [-0.25, -0.2) is 18.4 Å². The van der Waals surface area contributed by atoms with Gasteiger partial charge in [-0.3, -0.25) is 0 Å². The lowest BCUT2D eigenvalue weighted by atomic mass is 9.90. The molecule has 3 aromatic rings. The van der Waals surface area contributed by atoms with Crippen molar-refractivity contribution in [1.29, 1.82) is 0 Å². The predicted molar refractivity (Wildman–Crippen MR) is 134 cm³/mol. The summed E-state index contributed by atoms with van der Waals surface area (Å²) in [6, 6.07) is 8.95. The monoisotopic (exact) mass is 573 g/mol. The highest BCUT2D eigenvalue weighted by Gasteiger charge is 2.41. The van der Waals surface area contributed by atoms with E-state index in [1.54, 1.807) is 31.2 Å². The molecule has 1 aromatic heterocycles. The molecule has 0 aliphatic carbocycles. The summed E-state index contributed by atoms with van der Waals surface area (Å²) in [5.74, 6) is -1.62. The van der Waals surface area contributed by atoms with Crippen LogP contribution in [0.2, 0.25) is 0 Å². The van der Waals surface area contributed by atoms with Gasteiger partial charge in [-0.05, 0) is 41.6 Å². The maximum atomic E-state index is 14.7. The normalized spacial score (nSPS) is 20.9. The molecule has 2 heterocycles. The smallest absolute Gasteiger partial charge is 0.382 e. The van der Waals surface area contributed by atoms with E-state index in [1.165, 1.54) is 47.3 Å². The zero-order valence-electron chi connectivity index (χ0n) is 20.0. The van der Waals surface area contributed by atoms with Gasteiger partial charge in [0.1, 0.15) is 29.9 Å². The fourth-order valence-corrected chi connectivity index (χ4v) is 5.75. The van der Waals surface area contributed by atoms with Crippen LogP contribution in [0, 0.1) is 11.6 Å². The van der Waals surface area contributed by atoms with Crippen LogP contribution in [0.5, 0.6) is 0 Å². The van der Waals surface area contributed by atoms with E-state index >= 15 is 0 Å². The van der Waals surface area contributed by atoms with Gasteiger partial charge in [0.25, 0.3) is 0 Å². The van der Waals surface area contributed by atoms with Crippen molar-refractivity contribution in [3.8, 4) is 0 Å². The summed E-state index contributed by atoms with van der Waals surface area (Å²) in [4.78, 5) is 3.96. The van der Waals surface area contributed by atoms with Gasteiger partial charge in [-0.15, -0.1) is 11.8 Å². The second kappa shape index (κ2) is 12.2. The molecule has 2 atom stereocenters. The highest BCUT2D eigenvalue weighted by Crippen LogP contribution is 2.39. The number of aliphatic hydroxyl groups is 1. The molecule has 0 spiro atoms. The summed E-state index contributed by atoms with van der Waals surface area (Å²) in [7, 11) is 0. The Bertz CT molecular complexity index is 1220. The van der Waals surface area contributed by atoms with Gasteiger partial charge in [0, 0.05) is 21.8 Å². The van der Waals surface area contributed by atoms with Gasteiger partial charge < -0.3 is 14.6 Å². The van der Waals surface area contributed by atoms with Crippen LogP contribution in [0.3, 0.4) is 0 Å². The number of halogens is 5. The summed E-state index contributed by atoms with van der Waals surface area (Å²) < 4.78 is 78.6. The number of hydrogen-bond donors (Lipinski definition) is 1. The molecule has 2 aromatic carbocycles. The van der Waals surface area contributed by atoms with Crippen LogP contribution in [-0.4, -0.2) is 55.4 Å². The van der Waals surface area contributed by atoms with Crippen molar-refractivity contribution in [1.82, 2.24) is 14.8 Å². The molecule has 1 saturated heterocycles. The quantitative estimate of drug-likeness (QED) is 0.263. The number of thioether (sulfide) groups is 2. The number of benzene rings is 2. The van der Waals surface area contributed by atoms with E-state index in [1.807, 2.05) is 0 Å². The Morgan fingerprint density at radius 1 is 1.13 bits per heavy atom. The van der Waals surface area contributed by atoms with Gasteiger partial charge in [0.2, 0.25) is 0 Å². The summed E-state index contributed by atoms with van der Waals surface area (Å²) in [6.45, 7) is 2.17. The minimum atomic E-state index is -4.34. The van der Waals surface area contributed by atoms with Crippen LogP contribution in [0.4, 0.5) is 22.0 Å². The van der Waals surface area contributed by atoms with E-state index in [0.29, 0.717) is 5.56 Å². The van der Waals surface area contributed by atoms with Crippen molar-refractivity contribution in [2.75, 3.05) is 13.2 Å². The maximum Gasteiger partial charge on any atom is 0.446 e. The lowest BCUT2D eigenvalue weighted by Gasteiger charge is -2.37. The van der Waals surface area contributed by atoms with Crippen molar-refractivity contribution in [3.05, 3.63) is 84.0 Å². The molecule has 1 aliphatic rings. The SMILES string of the molecule is C[C@@H](SC1COC(/C=C/c2ccc(SC(F)(F)F)cc2)OC1)[C@](O)(Cn1cncn1)c1ccc(F)cc1F. The molecular weight excluding hydrogens is 549 g/mol. The van der Waals surface area contributed by atoms with E-state index in [2.05, 4.69) is 10.1 Å². The first kappa shape index (κ1) is 28.6. The third-order valence-corrected chi connectivity index (χ3v) is 7.98. The van der Waals surface area contributed by atoms with Crippen LogP contribution < -0.4 is 0 Å². The fraction of sp³-hybridized carbons (Fsp3) is 0.360. The molecule has 1 fully saturated rings. The molecule has 4 rings (SSSR count). The summed E-state index contributed by atoms with van der Waals surface area (Å²) in [5.41, 5.74) is -5.46. The van der Waals surface area contributed by atoms with Crippen LogP contribution in [-0.2, 0) is 21.6 Å². The number of aromatic nitrogens is 3. The Kier molecular flexibility index (Phi) is 9.14. The van der Waals surface area contributed by atoms with E-state index in [9.17, 15) is 27.1 Å². The topological polar surface area (TPSA) is 69.4 Å². The molecule has 0 unspecified atom stereocenters. The van der Waals surface area contributed by atoms with E-state index in [0.717, 1.165) is 12.1 Å². The number of nitrogens with zero attached hydrogens (tertiary/aromatic N) is 3. The Morgan fingerprint density at radius 2 is 1.84 bits per heavy atom. The zero-order chi connectivity index (χ0) is 27.3. The zero-order valence-corrected chi connectivity index (χ0v) is 21.6. The third kappa shape index (κ3) is 7.56. The van der Waals surface area contributed by atoms with Gasteiger partial charge in [0.15, 0.2) is 6.29 Å². The molecule has 1 N–H and O–H groups in total. The van der Waals surface area contributed by atoms with Crippen molar-refractivity contribution < 1.29 is 36.5 Å². The lowest BCUT2D eigenvalue weighted by molar-refractivity contribution is -0.146. The van der Waals surface area contributed by atoms with E-state index in [4.69, 9.17) is 9.47 Å². The van der Waals surface area contributed by atoms with Gasteiger partial charge in [0.05, 0.1) is 25.0 Å². The molecule has 38 heavy (non-hydrogen) atoms. The first-order valence-electron chi connectivity index (χ1n) is 11.4. The minimum Gasteiger partial charge on any atom is -0.382 e. The Labute approximate surface area is 224 Å². The first-order chi connectivity index (χ1) is 18.0. The maximum absolute atomic E-state index is 14.7. The number of hydrogen-bond acceptors (Lipinski definition) is 7. The summed E-state index contributed by atoms with van der Waals surface area (Å²) in [5, 5.41) is 14.9. The van der Waals surface area contributed by atoms with E-state index < -0.39 is 34.3 Å². The van der Waals surface area contributed by atoms with Gasteiger partial charge >= 0.3 is 5.51 Å². The molecule has 0 saturated carbocycles. The van der Waals surface area contributed by atoms with Crippen LogP contribution in [0.1, 0.15) is 18.1 Å². The lowest BCUT2D eigenvalue weighted by Crippen LogP contribution is -2.43. The number of alkyl halides is 3.